The van der Waals surface area contributed by atoms with Crippen LogP contribution in [0.2, 0.25) is 0 Å². The smallest absolute Gasteiger partial charge is 0.265 e. The molecule has 0 fully saturated rings. The molecule has 3 aromatic rings. The molecule has 0 spiro atoms. The first kappa shape index (κ1) is 19.7. The fourth-order valence-electron chi connectivity index (χ4n) is 3.46. The number of halogens is 1. The van der Waals surface area contributed by atoms with Crippen LogP contribution >= 0.6 is 15.9 Å². The van der Waals surface area contributed by atoms with Gasteiger partial charge in [0.1, 0.15) is 6.54 Å². The van der Waals surface area contributed by atoms with E-state index in [0.717, 1.165) is 21.2 Å². The molecule has 4 rings (SSSR count). The molecule has 0 saturated carbocycles. The van der Waals surface area contributed by atoms with Crippen LogP contribution < -0.4 is 9.62 Å². The molecule has 0 radical (unpaired) electrons. The zero-order valence-electron chi connectivity index (χ0n) is 15.9. The second-order valence-corrected chi connectivity index (χ2v) is 9.78. The fourth-order valence-corrected chi connectivity index (χ4v) is 5.47. The highest BCUT2D eigenvalue weighted by Gasteiger charge is 2.35. The zero-order chi connectivity index (χ0) is 20.8. The molecule has 5 nitrogen and oxygen atoms in total. The number of amides is 1. The summed E-state index contributed by atoms with van der Waals surface area (Å²) in [6.45, 7) is 3.53. The van der Waals surface area contributed by atoms with E-state index in [0.29, 0.717) is 16.9 Å². The molecule has 0 unspecified atom stereocenters. The van der Waals surface area contributed by atoms with E-state index >= 15 is 0 Å². The zero-order valence-corrected chi connectivity index (χ0v) is 18.3. The number of carbonyl (C=O) groups is 1. The van der Waals surface area contributed by atoms with Gasteiger partial charge in [0, 0.05) is 21.3 Å². The normalized spacial score (nSPS) is 14.1. The molecule has 0 saturated heterocycles. The third kappa shape index (κ3) is 3.56. The van der Waals surface area contributed by atoms with Crippen LogP contribution in [0, 0.1) is 13.8 Å². The number of carbonyl (C=O) groups excluding carboxylic acids is 1. The average Bonchev–Trinajstić information content (AvgIpc) is 2.68. The van der Waals surface area contributed by atoms with E-state index in [9.17, 15) is 13.2 Å². The van der Waals surface area contributed by atoms with Gasteiger partial charge in [-0.05, 0) is 55.3 Å². The summed E-state index contributed by atoms with van der Waals surface area (Å²) in [5.41, 5.74) is 4.50. The molecule has 7 heteroatoms. The summed E-state index contributed by atoms with van der Waals surface area (Å²) >= 11 is 3.45. The Hall–Kier alpha value is -2.64. The van der Waals surface area contributed by atoms with E-state index in [1.54, 1.807) is 30.3 Å². The molecule has 1 aliphatic heterocycles. The summed E-state index contributed by atoms with van der Waals surface area (Å²) in [6, 6.07) is 18.0. The first-order chi connectivity index (χ1) is 13.8. The van der Waals surface area contributed by atoms with Crippen LogP contribution in [0.15, 0.2) is 70.0 Å². The van der Waals surface area contributed by atoms with Crippen LogP contribution in [-0.4, -0.2) is 20.9 Å². The Labute approximate surface area is 178 Å². The van der Waals surface area contributed by atoms with Gasteiger partial charge < -0.3 is 5.32 Å². The number of rotatable bonds is 3. The van der Waals surface area contributed by atoms with Crippen LogP contribution in [0.4, 0.5) is 11.4 Å². The van der Waals surface area contributed by atoms with Gasteiger partial charge in [-0.1, -0.05) is 46.3 Å². The molecule has 0 atom stereocenters. The Bertz CT molecular complexity index is 1240. The largest absolute Gasteiger partial charge is 0.324 e. The maximum atomic E-state index is 13.3. The van der Waals surface area contributed by atoms with E-state index in [1.165, 1.54) is 4.31 Å². The number of benzene rings is 3. The van der Waals surface area contributed by atoms with Crippen molar-refractivity contribution in [3.8, 4) is 11.1 Å². The van der Waals surface area contributed by atoms with Crippen molar-refractivity contribution in [3.63, 3.8) is 0 Å². The van der Waals surface area contributed by atoms with Crippen LogP contribution in [-0.2, 0) is 14.8 Å². The monoisotopic (exact) mass is 470 g/mol. The highest BCUT2D eigenvalue weighted by molar-refractivity contribution is 9.10. The molecule has 3 aromatic carbocycles. The van der Waals surface area contributed by atoms with Crippen molar-refractivity contribution in [2.24, 2.45) is 0 Å². The molecule has 1 heterocycles. The Balaban J connectivity index is 1.74. The van der Waals surface area contributed by atoms with E-state index in [2.05, 4.69) is 21.2 Å². The lowest BCUT2D eigenvalue weighted by Crippen LogP contribution is -2.40. The van der Waals surface area contributed by atoms with E-state index in [4.69, 9.17) is 0 Å². The summed E-state index contributed by atoms with van der Waals surface area (Å²) in [5.74, 6) is -0.393. The van der Waals surface area contributed by atoms with Crippen molar-refractivity contribution in [2.45, 2.75) is 18.7 Å². The number of aryl methyl sites for hydroxylation is 2. The third-order valence-corrected chi connectivity index (χ3v) is 7.24. The van der Waals surface area contributed by atoms with Gasteiger partial charge in [-0.25, -0.2) is 8.42 Å². The van der Waals surface area contributed by atoms with Crippen LogP contribution in [0.1, 0.15) is 11.1 Å². The number of sulfonamides is 1. The quantitative estimate of drug-likeness (QED) is 0.592. The lowest BCUT2D eigenvalue weighted by molar-refractivity contribution is -0.114. The summed E-state index contributed by atoms with van der Waals surface area (Å²) in [4.78, 5) is 13.0. The Morgan fingerprint density at radius 1 is 1.00 bits per heavy atom. The second kappa shape index (κ2) is 7.31. The number of fused-ring (bicyclic) bond motifs is 3. The molecular formula is C22H19BrN2O3S. The molecule has 148 valence electrons. The molecule has 1 aliphatic rings. The number of hydrogen-bond acceptors (Lipinski definition) is 3. The summed E-state index contributed by atoms with van der Waals surface area (Å²) in [7, 11) is -3.86. The van der Waals surface area contributed by atoms with E-state index in [-0.39, 0.29) is 11.4 Å². The lowest BCUT2D eigenvalue weighted by Gasteiger charge is -2.31. The van der Waals surface area contributed by atoms with Gasteiger partial charge in [0.25, 0.3) is 10.0 Å². The molecule has 0 aliphatic carbocycles. The highest BCUT2D eigenvalue weighted by atomic mass is 79.9. The van der Waals surface area contributed by atoms with Gasteiger partial charge in [0.2, 0.25) is 5.91 Å². The Morgan fingerprint density at radius 3 is 2.55 bits per heavy atom. The summed E-state index contributed by atoms with van der Waals surface area (Å²) < 4.78 is 28.6. The van der Waals surface area contributed by atoms with Gasteiger partial charge in [-0.2, -0.15) is 0 Å². The minimum Gasteiger partial charge on any atom is -0.324 e. The third-order valence-electron chi connectivity index (χ3n) is 4.93. The predicted molar refractivity (Wildman–Crippen MR) is 119 cm³/mol. The van der Waals surface area contributed by atoms with Crippen LogP contribution in [0.3, 0.4) is 0 Å². The first-order valence-corrected chi connectivity index (χ1v) is 11.3. The maximum absolute atomic E-state index is 13.3. The minimum atomic E-state index is -3.86. The molecule has 29 heavy (non-hydrogen) atoms. The van der Waals surface area contributed by atoms with Crippen molar-refractivity contribution in [1.82, 2.24) is 0 Å². The van der Waals surface area contributed by atoms with Gasteiger partial charge in [-0.15, -0.1) is 0 Å². The van der Waals surface area contributed by atoms with Gasteiger partial charge in [0.05, 0.1) is 10.6 Å². The number of anilines is 2. The molecule has 1 N–H and O–H groups in total. The minimum absolute atomic E-state index is 0.199. The average molecular weight is 471 g/mol. The maximum Gasteiger partial charge on any atom is 0.265 e. The number of nitrogens with zero attached hydrogens (tertiary/aromatic N) is 1. The second-order valence-electron chi connectivity index (χ2n) is 7.04. The van der Waals surface area contributed by atoms with Crippen LogP contribution in [0.5, 0.6) is 0 Å². The van der Waals surface area contributed by atoms with E-state index in [1.807, 2.05) is 44.2 Å². The van der Waals surface area contributed by atoms with Gasteiger partial charge >= 0.3 is 0 Å². The van der Waals surface area contributed by atoms with Crippen molar-refractivity contribution >= 4 is 43.2 Å². The van der Waals surface area contributed by atoms with Crippen molar-refractivity contribution in [2.75, 3.05) is 16.2 Å². The highest BCUT2D eigenvalue weighted by Crippen LogP contribution is 2.43. The number of nitrogens with one attached hydrogen (secondary N) is 1. The summed E-state index contributed by atoms with van der Waals surface area (Å²) in [5, 5.41) is 2.85. The predicted octanol–water partition coefficient (Wildman–Crippen LogP) is 4.88. The SMILES string of the molecule is Cc1ccc(C)c(NC(=O)CN2c3ccc(Br)cc3-c3ccccc3S2(=O)=O)c1. The van der Waals surface area contributed by atoms with Gasteiger partial charge in [-0.3, -0.25) is 9.10 Å². The Kier molecular flexibility index (Phi) is 4.96. The molecule has 0 bridgehead atoms. The van der Waals surface area contributed by atoms with E-state index < -0.39 is 15.9 Å². The summed E-state index contributed by atoms with van der Waals surface area (Å²) in [6.07, 6.45) is 0. The number of hydrogen-bond donors (Lipinski definition) is 1. The van der Waals surface area contributed by atoms with Crippen molar-refractivity contribution in [3.05, 3.63) is 76.3 Å². The lowest BCUT2D eigenvalue weighted by atomic mass is 10.0. The molecular weight excluding hydrogens is 452 g/mol. The standard InChI is InChI=1S/C22H19BrN2O3S/c1-14-7-8-15(2)19(11-14)24-22(26)13-25-20-10-9-16(23)12-18(20)17-5-3-4-6-21(17)29(25,27)28/h3-12H,13H2,1-2H3,(H,24,26). The first-order valence-electron chi connectivity index (χ1n) is 9.06. The van der Waals surface area contributed by atoms with Crippen molar-refractivity contribution < 1.29 is 13.2 Å². The topological polar surface area (TPSA) is 66.5 Å². The molecule has 0 aromatic heterocycles. The Morgan fingerprint density at radius 2 is 1.76 bits per heavy atom. The van der Waals surface area contributed by atoms with Crippen molar-refractivity contribution in [1.29, 1.82) is 0 Å². The van der Waals surface area contributed by atoms with Crippen LogP contribution in [0.25, 0.3) is 11.1 Å². The fraction of sp³-hybridized carbons (Fsp3) is 0.136. The van der Waals surface area contributed by atoms with Gasteiger partial charge in [0.15, 0.2) is 0 Å². The molecule has 1 amide bonds.